The van der Waals surface area contributed by atoms with Gasteiger partial charge in [-0.2, -0.15) is 0 Å². The van der Waals surface area contributed by atoms with Gasteiger partial charge in [0.15, 0.2) is 0 Å². The van der Waals surface area contributed by atoms with Gasteiger partial charge in [-0.1, -0.05) is 44.3 Å². The Balaban J connectivity index is 1.76. The third-order valence-corrected chi connectivity index (χ3v) is 5.03. The third kappa shape index (κ3) is 2.90. The molecule has 2 heterocycles. The summed E-state index contributed by atoms with van der Waals surface area (Å²) in [6.45, 7) is 9.62. The van der Waals surface area contributed by atoms with Crippen LogP contribution in [0.4, 0.5) is 0 Å². The van der Waals surface area contributed by atoms with E-state index in [0.29, 0.717) is 0 Å². The average molecular weight is 315 g/mol. The third-order valence-electron chi connectivity index (χ3n) is 4.67. The van der Waals surface area contributed by atoms with Crippen molar-refractivity contribution < 1.29 is 0 Å². The molecular formula is C18H25N3S. The minimum atomic E-state index is 0.885. The first-order valence-electron chi connectivity index (χ1n) is 8.36. The SMILES string of the molecule is CCN(CC)CCNC(=S)c1cc2cccc3c2n1CCC3. The highest BCUT2D eigenvalue weighted by Gasteiger charge is 2.18. The molecule has 1 aromatic carbocycles. The quantitative estimate of drug-likeness (QED) is 0.827. The fraction of sp³-hybridized carbons (Fsp3) is 0.500. The van der Waals surface area contributed by atoms with Crippen molar-refractivity contribution in [2.45, 2.75) is 33.2 Å². The molecule has 0 saturated carbocycles. The van der Waals surface area contributed by atoms with Crippen LogP contribution < -0.4 is 5.32 Å². The van der Waals surface area contributed by atoms with Crippen molar-refractivity contribution in [2.75, 3.05) is 26.2 Å². The second-order valence-electron chi connectivity index (χ2n) is 5.92. The van der Waals surface area contributed by atoms with Crippen molar-refractivity contribution in [3.05, 3.63) is 35.5 Å². The Labute approximate surface area is 138 Å². The van der Waals surface area contributed by atoms with Crippen LogP contribution in [-0.4, -0.2) is 40.6 Å². The standard InChI is InChI=1S/C18H25N3S/c1-3-20(4-2)12-10-19-18(22)16-13-15-8-5-7-14-9-6-11-21(16)17(14)15/h5,7-8,13H,3-4,6,9-12H2,1-2H3,(H,19,22). The number of hydrogen-bond acceptors (Lipinski definition) is 2. The lowest BCUT2D eigenvalue weighted by molar-refractivity contribution is 0.308. The number of thiocarbonyl (C=S) groups is 1. The molecule has 1 aliphatic heterocycles. The Morgan fingerprint density at radius 1 is 1.32 bits per heavy atom. The first kappa shape index (κ1) is 15.5. The predicted octanol–water partition coefficient (Wildman–Crippen LogP) is 3.19. The van der Waals surface area contributed by atoms with E-state index in [1.807, 2.05) is 0 Å². The van der Waals surface area contributed by atoms with Crippen LogP contribution in [0.25, 0.3) is 10.9 Å². The molecule has 3 rings (SSSR count). The molecule has 0 amide bonds. The van der Waals surface area contributed by atoms with E-state index < -0.39 is 0 Å². The molecule has 2 aromatic rings. The molecule has 0 unspecified atom stereocenters. The van der Waals surface area contributed by atoms with Crippen molar-refractivity contribution in [3.8, 4) is 0 Å². The number of aryl methyl sites for hydroxylation is 2. The lowest BCUT2D eigenvalue weighted by Crippen LogP contribution is -2.35. The van der Waals surface area contributed by atoms with Crippen LogP contribution in [0.15, 0.2) is 24.3 Å². The van der Waals surface area contributed by atoms with Gasteiger partial charge in [0.2, 0.25) is 0 Å². The van der Waals surface area contributed by atoms with E-state index in [-0.39, 0.29) is 0 Å². The van der Waals surface area contributed by atoms with Gasteiger partial charge in [0.1, 0.15) is 4.99 Å². The summed E-state index contributed by atoms with van der Waals surface area (Å²) in [6.07, 6.45) is 2.39. The molecule has 22 heavy (non-hydrogen) atoms. The number of rotatable bonds is 6. The molecule has 0 fully saturated rings. The van der Waals surface area contributed by atoms with Gasteiger partial charge in [-0.05, 0) is 37.6 Å². The summed E-state index contributed by atoms with van der Waals surface area (Å²) in [5, 5.41) is 4.77. The minimum Gasteiger partial charge on any atom is -0.373 e. The van der Waals surface area contributed by atoms with Crippen molar-refractivity contribution >= 4 is 28.1 Å². The Bertz CT molecular complexity index is 670. The maximum absolute atomic E-state index is 5.66. The van der Waals surface area contributed by atoms with E-state index in [2.05, 4.69) is 52.9 Å². The zero-order chi connectivity index (χ0) is 15.5. The molecule has 1 aromatic heterocycles. The smallest absolute Gasteiger partial charge is 0.123 e. The van der Waals surface area contributed by atoms with Crippen molar-refractivity contribution in [2.24, 2.45) is 0 Å². The summed E-state index contributed by atoms with van der Waals surface area (Å²) < 4.78 is 2.40. The molecule has 4 heteroatoms. The summed E-state index contributed by atoms with van der Waals surface area (Å²) in [4.78, 5) is 3.29. The number of nitrogens with zero attached hydrogens (tertiary/aromatic N) is 2. The molecule has 0 aliphatic carbocycles. The normalized spacial score (nSPS) is 13.8. The average Bonchev–Trinajstić information content (AvgIpc) is 2.93. The lowest BCUT2D eigenvalue weighted by atomic mass is 10.0. The number of hydrogen-bond donors (Lipinski definition) is 1. The molecule has 0 atom stereocenters. The largest absolute Gasteiger partial charge is 0.373 e. The number of likely N-dealkylation sites (N-methyl/N-ethyl adjacent to an activating group) is 1. The van der Waals surface area contributed by atoms with Gasteiger partial charge in [-0.15, -0.1) is 0 Å². The Kier molecular flexibility index (Phi) is 4.79. The van der Waals surface area contributed by atoms with Crippen LogP contribution >= 0.6 is 12.2 Å². The molecule has 1 aliphatic rings. The lowest BCUT2D eigenvalue weighted by Gasteiger charge is -2.20. The minimum absolute atomic E-state index is 0.885. The summed E-state index contributed by atoms with van der Waals surface area (Å²) in [6, 6.07) is 8.85. The molecule has 0 spiro atoms. The highest BCUT2D eigenvalue weighted by atomic mass is 32.1. The Morgan fingerprint density at radius 2 is 2.14 bits per heavy atom. The van der Waals surface area contributed by atoms with Gasteiger partial charge in [0, 0.05) is 25.0 Å². The Morgan fingerprint density at radius 3 is 2.91 bits per heavy atom. The van der Waals surface area contributed by atoms with Crippen LogP contribution in [0.5, 0.6) is 0 Å². The maximum Gasteiger partial charge on any atom is 0.123 e. The van der Waals surface area contributed by atoms with Crippen LogP contribution in [0.1, 0.15) is 31.5 Å². The first-order valence-corrected chi connectivity index (χ1v) is 8.77. The number of para-hydroxylation sites is 1. The number of benzene rings is 1. The monoisotopic (exact) mass is 315 g/mol. The molecule has 0 saturated heterocycles. The van der Waals surface area contributed by atoms with Gasteiger partial charge in [0.25, 0.3) is 0 Å². The zero-order valence-electron chi connectivity index (χ0n) is 13.6. The van der Waals surface area contributed by atoms with Crippen LogP contribution in [0.2, 0.25) is 0 Å². The van der Waals surface area contributed by atoms with E-state index in [4.69, 9.17) is 12.2 Å². The highest BCUT2D eigenvalue weighted by Crippen LogP contribution is 2.28. The molecular weight excluding hydrogens is 290 g/mol. The second kappa shape index (κ2) is 6.80. The maximum atomic E-state index is 5.66. The summed E-state index contributed by atoms with van der Waals surface area (Å²) >= 11 is 5.66. The van der Waals surface area contributed by atoms with Crippen LogP contribution in [-0.2, 0) is 13.0 Å². The Hall–Kier alpha value is -1.39. The van der Waals surface area contributed by atoms with E-state index in [1.165, 1.54) is 35.0 Å². The fourth-order valence-corrected chi connectivity index (χ4v) is 3.68. The van der Waals surface area contributed by atoms with E-state index >= 15 is 0 Å². The zero-order valence-corrected chi connectivity index (χ0v) is 14.4. The van der Waals surface area contributed by atoms with Crippen molar-refractivity contribution in [1.29, 1.82) is 0 Å². The molecule has 3 nitrogen and oxygen atoms in total. The molecule has 0 bridgehead atoms. The van der Waals surface area contributed by atoms with Crippen LogP contribution in [0, 0.1) is 0 Å². The van der Waals surface area contributed by atoms with Crippen LogP contribution in [0.3, 0.4) is 0 Å². The topological polar surface area (TPSA) is 20.2 Å². The van der Waals surface area contributed by atoms with Gasteiger partial charge < -0.3 is 14.8 Å². The fourth-order valence-electron chi connectivity index (χ4n) is 3.41. The number of nitrogens with one attached hydrogen (secondary N) is 1. The van der Waals surface area contributed by atoms with E-state index in [9.17, 15) is 0 Å². The second-order valence-corrected chi connectivity index (χ2v) is 6.33. The molecule has 1 N–H and O–H groups in total. The number of aromatic nitrogens is 1. The van der Waals surface area contributed by atoms with E-state index in [0.717, 1.165) is 37.7 Å². The molecule has 118 valence electrons. The summed E-state index contributed by atoms with van der Waals surface area (Å²) in [5.74, 6) is 0. The van der Waals surface area contributed by atoms with Gasteiger partial charge >= 0.3 is 0 Å². The predicted molar refractivity (Wildman–Crippen MR) is 97.7 cm³/mol. The van der Waals surface area contributed by atoms with Gasteiger partial charge in [-0.3, -0.25) is 0 Å². The highest BCUT2D eigenvalue weighted by molar-refractivity contribution is 7.80. The van der Waals surface area contributed by atoms with Gasteiger partial charge in [-0.25, -0.2) is 0 Å². The molecule has 0 radical (unpaired) electrons. The van der Waals surface area contributed by atoms with Gasteiger partial charge in [0.05, 0.1) is 11.2 Å². The first-order chi connectivity index (χ1) is 10.7. The summed E-state index contributed by atoms with van der Waals surface area (Å²) in [5.41, 5.74) is 4.02. The summed E-state index contributed by atoms with van der Waals surface area (Å²) in [7, 11) is 0. The van der Waals surface area contributed by atoms with Crippen molar-refractivity contribution in [1.82, 2.24) is 14.8 Å². The van der Waals surface area contributed by atoms with E-state index in [1.54, 1.807) is 0 Å². The van der Waals surface area contributed by atoms with Crippen molar-refractivity contribution in [3.63, 3.8) is 0 Å².